The van der Waals surface area contributed by atoms with E-state index in [2.05, 4.69) is 27.5 Å². The van der Waals surface area contributed by atoms with E-state index in [1.807, 2.05) is 18.7 Å². The molecule has 0 unspecified atom stereocenters. The fourth-order valence-corrected chi connectivity index (χ4v) is 1.23. The van der Waals surface area contributed by atoms with Crippen LogP contribution in [0.1, 0.15) is 6.92 Å². The van der Waals surface area contributed by atoms with E-state index in [-0.39, 0.29) is 24.0 Å². The molecule has 2 aromatic heterocycles. The first kappa shape index (κ1) is 9.44. The van der Waals surface area contributed by atoms with E-state index in [4.69, 9.17) is 0 Å². The molecule has 64 valence electrons. The average Bonchev–Trinajstić information content (AvgIpc) is 2.50. The standard InChI is InChI=1S/C8H9N3.HI/c1-2-11-6-9-5-7-8(11)3-4-10-7;/h3-6H,2H2,1H3;1H. The first-order valence-electron chi connectivity index (χ1n) is 3.72. The quantitative estimate of drug-likeness (QED) is 0.468. The van der Waals surface area contributed by atoms with Gasteiger partial charge < -0.3 is 29.0 Å². The highest BCUT2D eigenvalue weighted by molar-refractivity contribution is 5.69. The average molecular weight is 275 g/mol. The van der Waals surface area contributed by atoms with Gasteiger partial charge in [-0.2, -0.15) is 0 Å². The molecular weight excluding hydrogens is 265 g/mol. The van der Waals surface area contributed by atoms with Crippen molar-refractivity contribution < 1.29 is 28.5 Å². The number of hydrogen-bond donors (Lipinski definition) is 1. The van der Waals surface area contributed by atoms with Crippen molar-refractivity contribution in [1.29, 1.82) is 0 Å². The van der Waals surface area contributed by atoms with E-state index >= 15 is 0 Å². The minimum absolute atomic E-state index is 0. The summed E-state index contributed by atoms with van der Waals surface area (Å²) < 4.78 is 2.10. The van der Waals surface area contributed by atoms with Gasteiger partial charge in [0.25, 0.3) is 6.33 Å². The number of halogens is 1. The molecule has 2 heterocycles. The SMILES string of the molecule is CC[n+]1cncc2[nH]ccc21.[I-]. The Balaban J connectivity index is 0.000000720. The summed E-state index contributed by atoms with van der Waals surface area (Å²) >= 11 is 0. The summed E-state index contributed by atoms with van der Waals surface area (Å²) in [4.78, 5) is 7.20. The van der Waals surface area contributed by atoms with Gasteiger partial charge in [0.15, 0.2) is 11.7 Å². The molecule has 0 saturated heterocycles. The predicted molar refractivity (Wildman–Crippen MR) is 42.0 cm³/mol. The first-order chi connectivity index (χ1) is 5.42. The van der Waals surface area contributed by atoms with Gasteiger partial charge in [-0.1, -0.05) is 4.98 Å². The zero-order chi connectivity index (χ0) is 7.68. The Labute approximate surface area is 87.8 Å². The number of H-pyrrole nitrogens is 1. The van der Waals surface area contributed by atoms with Crippen molar-refractivity contribution >= 4 is 11.0 Å². The summed E-state index contributed by atoms with van der Waals surface area (Å²) in [6.07, 6.45) is 5.61. The number of hydrogen-bond acceptors (Lipinski definition) is 1. The van der Waals surface area contributed by atoms with Crippen molar-refractivity contribution in [3.63, 3.8) is 0 Å². The lowest BCUT2D eigenvalue weighted by atomic mass is 10.4. The second-order valence-corrected chi connectivity index (χ2v) is 2.46. The summed E-state index contributed by atoms with van der Waals surface area (Å²) in [6.45, 7) is 3.07. The Morgan fingerprint density at radius 3 is 3.17 bits per heavy atom. The number of aromatic amines is 1. The van der Waals surface area contributed by atoms with E-state index in [9.17, 15) is 0 Å². The van der Waals surface area contributed by atoms with Gasteiger partial charge in [-0.3, -0.25) is 0 Å². The molecule has 0 aliphatic heterocycles. The van der Waals surface area contributed by atoms with Crippen LogP contribution in [0.5, 0.6) is 0 Å². The highest BCUT2D eigenvalue weighted by Crippen LogP contribution is 2.02. The second-order valence-electron chi connectivity index (χ2n) is 2.46. The number of nitrogens with zero attached hydrogens (tertiary/aromatic N) is 2. The number of fused-ring (bicyclic) bond motifs is 1. The van der Waals surface area contributed by atoms with E-state index in [0.29, 0.717) is 0 Å². The molecule has 0 aromatic carbocycles. The van der Waals surface area contributed by atoms with Gasteiger partial charge in [0.2, 0.25) is 0 Å². The topological polar surface area (TPSA) is 32.6 Å². The molecule has 0 aliphatic rings. The highest BCUT2D eigenvalue weighted by Gasteiger charge is 2.03. The van der Waals surface area contributed by atoms with Crippen LogP contribution < -0.4 is 28.5 Å². The summed E-state index contributed by atoms with van der Waals surface area (Å²) in [5.41, 5.74) is 2.30. The molecule has 0 saturated carbocycles. The molecule has 0 spiro atoms. The first-order valence-corrected chi connectivity index (χ1v) is 3.72. The number of rotatable bonds is 1. The normalized spacial score (nSPS) is 9.75. The minimum atomic E-state index is 0. The van der Waals surface area contributed by atoms with Gasteiger partial charge in [0.05, 0.1) is 6.54 Å². The van der Waals surface area contributed by atoms with Crippen molar-refractivity contribution in [2.75, 3.05) is 0 Å². The van der Waals surface area contributed by atoms with Crippen LogP contribution in [0.4, 0.5) is 0 Å². The van der Waals surface area contributed by atoms with Gasteiger partial charge in [0, 0.05) is 12.3 Å². The summed E-state index contributed by atoms with van der Waals surface area (Å²) in [5.74, 6) is 0. The highest BCUT2D eigenvalue weighted by atomic mass is 127. The van der Waals surface area contributed by atoms with Crippen LogP contribution in [0.15, 0.2) is 24.8 Å². The Morgan fingerprint density at radius 2 is 2.42 bits per heavy atom. The fourth-order valence-electron chi connectivity index (χ4n) is 1.23. The van der Waals surface area contributed by atoms with Gasteiger partial charge >= 0.3 is 0 Å². The number of aryl methyl sites for hydroxylation is 1. The largest absolute Gasteiger partial charge is 1.00 e. The van der Waals surface area contributed by atoms with Crippen LogP contribution in [0.25, 0.3) is 11.0 Å². The van der Waals surface area contributed by atoms with Crippen molar-refractivity contribution in [2.45, 2.75) is 13.5 Å². The summed E-state index contributed by atoms with van der Waals surface area (Å²) in [5, 5.41) is 0. The van der Waals surface area contributed by atoms with Crippen LogP contribution in [0.2, 0.25) is 0 Å². The Morgan fingerprint density at radius 1 is 1.58 bits per heavy atom. The van der Waals surface area contributed by atoms with Crippen molar-refractivity contribution in [3.8, 4) is 0 Å². The van der Waals surface area contributed by atoms with Crippen LogP contribution in [0.3, 0.4) is 0 Å². The van der Waals surface area contributed by atoms with Crippen LogP contribution in [-0.2, 0) is 6.54 Å². The lowest BCUT2D eigenvalue weighted by Gasteiger charge is -1.92. The van der Waals surface area contributed by atoms with Crippen LogP contribution in [0, 0.1) is 0 Å². The van der Waals surface area contributed by atoms with Gasteiger partial charge in [-0.05, 0) is 6.92 Å². The maximum Gasteiger partial charge on any atom is 0.286 e. The monoisotopic (exact) mass is 275 g/mol. The van der Waals surface area contributed by atoms with Crippen molar-refractivity contribution in [2.24, 2.45) is 0 Å². The molecule has 12 heavy (non-hydrogen) atoms. The van der Waals surface area contributed by atoms with Gasteiger partial charge in [0.1, 0.15) is 5.52 Å². The molecule has 2 aromatic rings. The Hall–Kier alpha value is -0.650. The van der Waals surface area contributed by atoms with E-state index in [0.717, 1.165) is 12.1 Å². The molecule has 2 rings (SSSR count). The number of aromatic nitrogens is 3. The third kappa shape index (κ3) is 1.43. The van der Waals surface area contributed by atoms with E-state index in [1.165, 1.54) is 5.52 Å². The molecule has 0 amide bonds. The Bertz CT molecular complexity index is 369. The molecule has 0 bridgehead atoms. The lowest BCUT2D eigenvalue weighted by molar-refractivity contribution is -0.670. The molecule has 0 fully saturated rings. The summed E-state index contributed by atoms with van der Waals surface area (Å²) in [7, 11) is 0. The van der Waals surface area contributed by atoms with E-state index in [1.54, 1.807) is 0 Å². The molecule has 4 heteroatoms. The molecule has 3 nitrogen and oxygen atoms in total. The van der Waals surface area contributed by atoms with Crippen molar-refractivity contribution in [1.82, 2.24) is 9.97 Å². The van der Waals surface area contributed by atoms with Crippen LogP contribution >= 0.6 is 0 Å². The van der Waals surface area contributed by atoms with Crippen molar-refractivity contribution in [3.05, 3.63) is 24.8 Å². The zero-order valence-electron chi connectivity index (χ0n) is 6.79. The second kappa shape index (κ2) is 3.84. The summed E-state index contributed by atoms with van der Waals surface area (Å²) in [6, 6.07) is 2.06. The third-order valence-electron chi connectivity index (χ3n) is 1.82. The predicted octanol–water partition coefficient (Wildman–Crippen LogP) is -2.13. The fraction of sp³-hybridized carbons (Fsp3) is 0.250. The lowest BCUT2D eigenvalue weighted by Crippen LogP contribution is -3.00. The maximum absolute atomic E-state index is 4.09. The van der Waals surface area contributed by atoms with Crippen LogP contribution in [-0.4, -0.2) is 9.97 Å². The molecule has 0 aliphatic carbocycles. The molecule has 0 radical (unpaired) electrons. The Kier molecular flexibility index (Phi) is 3.02. The molecular formula is C8H10IN3. The van der Waals surface area contributed by atoms with E-state index < -0.39 is 0 Å². The smallest absolute Gasteiger partial charge is 0.286 e. The maximum atomic E-state index is 4.09. The third-order valence-corrected chi connectivity index (χ3v) is 1.82. The molecule has 1 N–H and O–H groups in total. The molecule has 0 atom stereocenters. The van der Waals surface area contributed by atoms with Gasteiger partial charge in [-0.15, -0.1) is 0 Å². The number of nitrogens with one attached hydrogen (secondary N) is 1. The van der Waals surface area contributed by atoms with Gasteiger partial charge in [-0.25, -0.2) is 4.57 Å². The minimum Gasteiger partial charge on any atom is -1.00 e. The zero-order valence-corrected chi connectivity index (χ0v) is 8.95.